The van der Waals surface area contributed by atoms with Crippen LogP contribution in [0, 0.1) is 5.82 Å². The predicted molar refractivity (Wildman–Crippen MR) is 89.8 cm³/mol. The molecule has 0 saturated carbocycles. The van der Waals surface area contributed by atoms with Gasteiger partial charge in [0.15, 0.2) is 0 Å². The molecule has 0 saturated heterocycles. The fraction of sp³-hybridized carbons (Fsp3) is 0.0588. The Morgan fingerprint density at radius 1 is 1.12 bits per heavy atom. The highest BCUT2D eigenvalue weighted by Gasteiger charge is 2.35. The van der Waals surface area contributed by atoms with Crippen LogP contribution in [0.5, 0.6) is 5.75 Å². The van der Waals surface area contributed by atoms with Crippen molar-refractivity contribution >= 4 is 31.8 Å². The van der Waals surface area contributed by atoms with Crippen molar-refractivity contribution in [2.24, 2.45) is 0 Å². The lowest BCUT2D eigenvalue weighted by Gasteiger charge is -2.11. The van der Waals surface area contributed by atoms with Crippen molar-refractivity contribution in [3.05, 3.63) is 58.1 Å². The fourth-order valence-electron chi connectivity index (χ4n) is 2.74. The SMILES string of the molecule is O=c1cc(O)c2sc3nc(-c4ccc(F)cc4)cc(C(F)(F)F)c3c2[nH]1. The molecule has 0 aliphatic heterocycles. The predicted octanol–water partition coefficient (Wildman–Crippen LogP) is 4.67. The number of H-pyrrole nitrogens is 1. The normalized spacial score (nSPS) is 12.2. The van der Waals surface area contributed by atoms with Crippen LogP contribution >= 0.6 is 11.3 Å². The fourth-order valence-corrected chi connectivity index (χ4v) is 3.81. The van der Waals surface area contributed by atoms with Crippen LogP contribution in [-0.2, 0) is 6.18 Å². The van der Waals surface area contributed by atoms with E-state index in [1.165, 1.54) is 12.1 Å². The Hall–Kier alpha value is -2.94. The van der Waals surface area contributed by atoms with Crippen molar-refractivity contribution in [2.45, 2.75) is 6.18 Å². The first-order chi connectivity index (χ1) is 12.2. The number of rotatable bonds is 1. The van der Waals surface area contributed by atoms with Gasteiger partial charge < -0.3 is 10.1 Å². The molecule has 4 nitrogen and oxygen atoms in total. The number of aromatic amines is 1. The first-order valence-electron chi connectivity index (χ1n) is 7.27. The van der Waals surface area contributed by atoms with E-state index >= 15 is 0 Å². The summed E-state index contributed by atoms with van der Waals surface area (Å²) in [4.78, 5) is 18.1. The molecule has 26 heavy (non-hydrogen) atoms. The van der Waals surface area contributed by atoms with Gasteiger partial charge in [-0.2, -0.15) is 13.2 Å². The molecule has 0 radical (unpaired) electrons. The van der Waals surface area contributed by atoms with Crippen molar-refractivity contribution in [3.8, 4) is 17.0 Å². The number of thiophene rings is 1. The molecule has 3 aromatic heterocycles. The second-order valence-corrected chi connectivity index (χ2v) is 6.56. The number of fused-ring (bicyclic) bond motifs is 3. The minimum absolute atomic E-state index is 0.00583. The molecule has 1 aromatic carbocycles. The maximum absolute atomic E-state index is 13.6. The molecular formula is C17H8F4N2O2S. The minimum atomic E-state index is -4.72. The van der Waals surface area contributed by atoms with Gasteiger partial charge in [-0.3, -0.25) is 4.79 Å². The maximum atomic E-state index is 13.6. The standard InChI is InChI=1S/C17H8F4N2O2S/c18-8-3-1-7(2-4-8)10-5-9(17(19,20)21)13-14-15(26-16(13)22-10)11(24)6-12(25)23-14/h1-6H,(H2,23,24,25). The zero-order valence-electron chi connectivity index (χ0n) is 12.7. The van der Waals surface area contributed by atoms with Gasteiger partial charge in [0, 0.05) is 17.0 Å². The van der Waals surface area contributed by atoms with Gasteiger partial charge in [-0.15, -0.1) is 11.3 Å². The van der Waals surface area contributed by atoms with Crippen LogP contribution in [0.4, 0.5) is 17.6 Å². The Morgan fingerprint density at radius 3 is 2.46 bits per heavy atom. The van der Waals surface area contributed by atoms with Gasteiger partial charge in [-0.25, -0.2) is 9.37 Å². The number of hydrogen-bond acceptors (Lipinski definition) is 4. The Morgan fingerprint density at radius 2 is 1.81 bits per heavy atom. The largest absolute Gasteiger partial charge is 0.506 e. The van der Waals surface area contributed by atoms with E-state index in [0.717, 1.165) is 35.6 Å². The number of aromatic nitrogens is 2. The molecule has 9 heteroatoms. The Labute approximate surface area is 146 Å². The summed E-state index contributed by atoms with van der Waals surface area (Å²) in [6, 6.07) is 6.66. The highest BCUT2D eigenvalue weighted by atomic mass is 32.1. The summed E-state index contributed by atoms with van der Waals surface area (Å²) in [5.41, 5.74) is -1.49. The molecule has 132 valence electrons. The number of halogens is 4. The van der Waals surface area contributed by atoms with Crippen LogP contribution in [0.15, 0.2) is 41.2 Å². The highest BCUT2D eigenvalue weighted by molar-refractivity contribution is 7.25. The van der Waals surface area contributed by atoms with Gasteiger partial charge in [0.2, 0.25) is 0 Å². The maximum Gasteiger partial charge on any atom is 0.417 e. The molecule has 0 bridgehead atoms. The molecule has 4 aromatic rings. The number of aromatic hydroxyl groups is 1. The van der Waals surface area contributed by atoms with Gasteiger partial charge in [-0.1, -0.05) is 0 Å². The van der Waals surface area contributed by atoms with E-state index in [4.69, 9.17) is 0 Å². The molecule has 0 aliphatic carbocycles. The van der Waals surface area contributed by atoms with E-state index in [1.807, 2.05) is 0 Å². The molecule has 3 heterocycles. The molecule has 0 unspecified atom stereocenters. The summed E-state index contributed by atoms with van der Waals surface area (Å²) in [5, 5.41) is 9.62. The first-order valence-corrected chi connectivity index (χ1v) is 8.08. The van der Waals surface area contributed by atoms with E-state index in [0.29, 0.717) is 5.56 Å². The smallest absolute Gasteiger partial charge is 0.417 e. The average molecular weight is 380 g/mol. The molecular weight excluding hydrogens is 372 g/mol. The lowest BCUT2D eigenvalue weighted by Crippen LogP contribution is -2.08. The summed E-state index contributed by atoms with van der Waals surface area (Å²) in [6.07, 6.45) is -4.72. The summed E-state index contributed by atoms with van der Waals surface area (Å²) >= 11 is 0.834. The van der Waals surface area contributed by atoms with Crippen LogP contribution in [0.25, 0.3) is 31.7 Å². The minimum Gasteiger partial charge on any atom is -0.506 e. The quantitative estimate of drug-likeness (QED) is 0.472. The summed E-state index contributed by atoms with van der Waals surface area (Å²) in [6.45, 7) is 0. The van der Waals surface area contributed by atoms with E-state index in [9.17, 15) is 27.5 Å². The lowest BCUT2D eigenvalue weighted by molar-refractivity contribution is -0.136. The third-order valence-electron chi connectivity index (χ3n) is 3.86. The van der Waals surface area contributed by atoms with E-state index < -0.39 is 28.9 Å². The molecule has 0 aliphatic rings. The molecule has 4 rings (SSSR count). The number of pyridine rings is 2. The van der Waals surface area contributed by atoms with Gasteiger partial charge >= 0.3 is 6.18 Å². The lowest BCUT2D eigenvalue weighted by atomic mass is 10.1. The Bertz CT molecular complexity index is 1210. The van der Waals surface area contributed by atoms with E-state index in [1.54, 1.807) is 0 Å². The number of nitrogens with zero attached hydrogens (tertiary/aromatic N) is 1. The van der Waals surface area contributed by atoms with Crippen LogP contribution in [0.2, 0.25) is 0 Å². The number of alkyl halides is 3. The van der Waals surface area contributed by atoms with Crippen molar-refractivity contribution in [1.29, 1.82) is 0 Å². The zero-order chi connectivity index (χ0) is 18.6. The molecule has 0 amide bonds. The molecule has 0 spiro atoms. The van der Waals surface area contributed by atoms with Crippen LogP contribution < -0.4 is 5.56 Å². The van der Waals surface area contributed by atoms with Crippen molar-refractivity contribution < 1.29 is 22.7 Å². The number of benzene rings is 1. The monoisotopic (exact) mass is 380 g/mol. The van der Waals surface area contributed by atoms with Gasteiger partial charge in [0.05, 0.1) is 21.5 Å². The van der Waals surface area contributed by atoms with Gasteiger partial charge in [0.1, 0.15) is 16.4 Å². The van der Waals surface area contributed by atoms with E-state index in [-0.39, 0.29) is 26.1 Å². The summed E-state index contributed by atoms with van der Waals surface area (Å²) < 4.78 is 54.1. The van der Waals surface area contributed by atoms with Crippen molar-refractivity contribution in [2.75, 3.05) is 0 Å². The molecule has 0 atom stereocenters. The third-order valence-corrected chi connectivity index (χ3v) is 4.96. The topological polar surface area (TPSA) is 66.0 Å². The second-order valence-electron chi connectivity index (χ2n) is 5.56. The van der Waals surface area contributed by atoms with Crippen LogP contribution in [0.1, 0.15) is 5.56 Å². The van der Waals surface area contributed by atoms with Crippen molar-refractivity contribution in [3.63, 3.8) is 0 Å². The first kappa shape index (κ1) is 16.5. The second kappa shape index (κ2) is 5.53. The van der Waals surface area contributed by atoms with Crippen LogP contribution in [-0.4, -0.2) is 15.1 Å². The van der Waals surface area contributed by atoms with E-state index in [2.05, 4.69) is 9.97 Å². The Balaban J connectivity index is 2.13. The zero-order valence-corrected chi connectivity index (χ0v) is 13.5. The van der Waals surface area contributed by atoms with Crippen LogP contribution in [0.3, 0.4) is 0 Å². The van der Waals surface area contributed by atoms with Crippen molar-refractivity contribution in [1.82, 2.24) is 9.97 Å². The van der Waals surface area contributed by atoms with Gasteiger partial charge in [-0.05, 0) is 30.3 Å². The average Bonchev–Trinajstić information content (AvgIpc) is 2.92. The van der Waals surface area contributed by atoms with Gasteiger partial charge in [0.25, 0.3) is 5.56 Å². The molecule has 2 N–H and O–H groups in total. The summed E-state index contributed by atoms with van der Waals surface area (Å²) in [7, 11) is 0. The highest BCUT2D eigenvalue weighted by Crippen LogP contribution is 2.44. The Kier molecular flexibility index (Phi) is 3.52. The summed E-state index contributed by atoms with van der Waals surface area (Å²) in [5.74, 6) is -0.932. The number of hydrogen-bond donors (Lipinski definition) is 2. The number of nitrogens with one attached hydrogen (secondary N) is 1. The molecule has 0 fully saturated rings. The third kappa shape index (κ3) is 2.60.